The fourth-order valence-electron chi connectivity index (χ4n) is 4.26. The van der Waals surface area contributed by atoms with E-state index in [2.05, 4.69) is 39.5 Å². The minimum Gasteiger partial charge on any atom is -0.396 e. The zero-order valence-electron chi connectivity index (χ0n) is 20.5. The summed E-state index contributed by atoms with van der Waals surface area (Å²) in [6.45, 7) is 15.8. The van der Waals surface area contributed by atoms with Gasteiger partial charge in [-0.3, -0.25) is 0 Å². The van der Waals surface area contributed by atoms with Crippen LogP contribution in [0.3, 0.4) is 0 Å². The van der Waals surface area contributed by atoms with E-state index in [-0.39, 0.29) is 6.61 Å². The van der Waals surface area contributed by atoms with Crippen LogP contribution in [0, 0.1) is 5.92 Å². The summed E-state index contributed by atoms with van der Waals surface area (Å²) in [7, 11) is 0. The highest BCUT2D eigenvalue weighted by Gasteiger charge is 2.35. The average Bonchev–Trinajstić information content (AvgIpc) is 2.70. The first-order valence-electron chi connectivity index (χ1n) is 12.7. The molecule has 0 heterocycles. The molecule has 0 saturated carbocycles. The zero-order chi connectivity index (χ0) is 21.8. The summed E-state index contributed by atoms with van der Waals surface area (Å²) in [6, 6.07) is 0. The van der Waals surface area contributed by atoms with E-state index < -0.39 is 5.79 Å². The minimum atomic E-state index is -0.466. The Bertz CT molecular complexity index is 324. The third kappa shape index (κ3) is 14.5. The van der Waals surface area contributed by atoms with Crippen LogP contribution in [0.25, 0.3) is 0 Å². The van der Waals surface area contributed by atoms with Gasteiger partial charge in [-0.2, -0.15) is 0 Å². The lowest BCUT2D eigenvalue weighted by atomic mass is 9.88. The zero-order valence-corrected chi connectivity index (χ0v) is 20.5. The highest BCUT2D eigenvalue weighted by atomic mass is 16.7. The lowest BCUT2D eigenvalue weighted by Gasteiger charge is -2.37. The molecule has 0 aliphatic rings. The van der Waals surface area contributed by atoms with Crippen molar-refractivity contribution in [2.24, 2.45) is 5.92 Å². The number of rotatable bonds is 22. The smallest absolute Gasteiger partial charge is 0.168 e. The van der Waals surface area contributed by atoms with E-state index >= 15 is 0 Å². The monoisotopic (exact) mass is 415 g/mol. The SMILES string of the molecule is CCCCCCCCC(CCCN(CCCC)CCCO)C(C)(OCC)OCC. The topological polar surface area (TPSA) is 41.9 Å². The second kappa shape index (κ2) is 19.8. The van der Waals surface area contributed by atoms with Gasteiger partial charge in [0.15, 0.2) is 5.79 Å². The number of ether oxygens (including phenoxy) is 2. The molecular weight excluding hydrogens is 362 g/mol. The van der Waals surface area contributed by atoms with Crippen LogP contribution in [0.15, 0.2) is 0 Å². The number of aliphatic hydroxyl groups excluding tert-OH is 1. The molecule has 0 aliphatic carbocycles. The molecule has 0 aromatic carbocycles. The first kappa shape index (κ1) is 28.8. The van der Waals surface area contributed by atoms with Crippen molar-refractivity contribution in [1.29, 1.82) is 0 Å². The standard InChI is InChI=1S/C25H53NO3/c1-6-10-12-13-14-15-18-24(25(5,28-8-3)29-9-4)19-16-21-26(20-11-7-2)22-17-23-27/h24,27H,6-23H2,1-5H3. The second-order valence-electron chi connectivity index (χ2n) is 8.55. The molecule has 0 spiro atoms. The first-order chi connectivity index (χ1) is 14.1. The van der Waals surface area contributed by atoms with Crippen molar-refractivity contribution in [3.05, 3.63) is 0 Å². The lowest BCUT2D eigenvalue weighted by Crippen LogP contribution is -2.41. The lowest BCUT2D eigenvalue weighted by molar-refractivity contribution is -0.254. The van der Waals surface area contributed by atoms with Crippen LogP contribution < -0.4 is 0 Å². The molecule has 0 bridgehead atoms. The van der Waals surface area contributed by atoms with E-state index in [0.717, 1.165) is 32.5 Å². The highest BCUT2D eigenvalue weighted by molar-refractivity contribution is 4.77. The molecule has 4 nitrogen and oxygen atoms in total. The van der Waals surface area contributed by atoms with Crippen LogP contribution in [-0.2, 0) is 9.47 Å². The van der Waals surface area contributed by atoms with Gasteiger partial charge in [0.05, 0.1) is 0 Å². The molecule has 0 fully saturated rings. The van der Waals surface area contributed by atoms with Crippen LogP contribution in [0.1, 0.15) is 112 Å². The summed E-state index contributed by atoms with van der Waals surface area (Å²) in [4.78, 5) is 2.53. The number of hydrogen-bond acceptors (Lipinski definition) is 4. The predicted octanol–water partition coefficient (Wildman–Crippen LogP) is 6.41. The van der Waals surface area contributed by atoms with Gasteiger partial charge >= 0.3 is 0 Å². The van der Waals surface area contributed by atoms with Crippen LogP contribution >= 0.6 is 0 Å². The summed E-state index contributed by atoms with van der Waals surface area (Å²) >= 11 is 0. The molecule has 0 aromatic rings. The highest BCUT2D eigenvalue weighted by Crippen LogP contribution is 2.32. The van der Waals surface area contributed by atoms with Gasteiger partial charge in [0, 0.05) is 32.3 Å². The van der Waals surface area contributed by atoms with Gasteiger partial charge in [-0.1, -0.05) is 58.8 Å². The average molecular weight is 416 g/mol. The molecular formula is C25H53NO3. The molecule has 0 saturated heterocycles. The van der Waals surface area contributed by atoms with Crippen molar-refractivity contribution >= 4 is 0 Å². The third-order valence-corrected chi connectivity index (χ3v) is 6.00. The Kier molecular flexibility index (Phi) is 19.7. The minimum absolute atomic E-state index is 0.288. The van der Waals surface area contributed by atoms with Gasteiger partial charge in [-0.25, -0.2) is 0 Å². The van der Waals surface area contributed by atoms with E-state index in [1.165, 1.54) is 64.2 Å². The van der Waals surface area contributed by atoms with E-state index in [0.29, 0.717) is 19.1 Å². The Hall–Kier alpha value is -0.160. The van der Waals surface area contributed by atoms with E-state index in [4.69, 9.17) is 9.47 Å². The Morgan fingerprint density at radius 1 is 0.690 bits per heavy atom. The quantitative estimate of drug-likeness (QED) is 0.164. The van der Waals surface area contributed by atoms with Gasteiger partial charge in [0.1, 0.15) is 0 Å². The molecule has 0 radical (unpaired) electrons. The predicted molar refractivity (Wildman–Crippen MR) is 125 cm³/mol. The Morgan fingerprint density at radius 2 is 1.21 bits per heavy atom. The van der Waals surface area contributed by atoms with Crippen LogP contribution in [0.2, 0.25) is 0 Å². The summed E-state index contributed by atoms with van der Waals surface area (Å²) in [5.74, 6) is -0.0221. The van der Waals surface area contributed by atoms with Crippen molar-refractivity contribution in [1.82, 2.24) is 4.90 Å². The fraction of sp³-hybridized carbons (Fsp3) is 1.00. The van der Waals surface area contributed by atoms with Crippen molar-refractivity contribution in [3.63, 3.8) is 0 Å². The largest absolute Gasteiger partial charge is 0.396 e. The maximum Gasteiger partial charge on any atom is 0.168 e. The first-order valence-corrected chi connectivity index (χ1v) is 12.7. The maximum atomic E-state index is 9.19. The van der Waals surface area contributed by atoms with Gasteiger partial charge < -0.3 is 19.5 Å². The van der Waals surface area contributed by atoms with Gasteiger partial charge in [-0.15, -0.1) is 0 Å². The van der Waals surface area contributed by atoms with Crippen molar-refractivity contribution in [3.8, 4) is 0 Å². The molecule has 0 amide bonds. The summed E-state index contributed by atoms with van der Waals surface area (Å²) < 4.78 is 12.3. The molecule has 1 unspecified atom stereocenters. The summed E-state index contributed by atoms with van der Waals surface area (Å²) in [6.07, 6.45) is 14.8. The molecule has 1 N–H and O–H groups in total. The molecule has 0 aromatic heterocycles. The molecule has 0 aliphatic heterocycles. The van der Waals surface area contributed by atoms with E-state index in [9.17, 15) is 5.11 Å². The van der Waals surface area contributed by atoms with Crippen LogP contribution in [0.5, 0.6) is 0 Å². The molecule has 176 valence electrons. The van der Waals surface area contributed by atoms with Crippen molar-refractivity contribution in [2.45, 2.75) is 117 Å². The fourth-order valence-corrected chi connectivity index (χ4v) is 4.26. The molecule has 1 atom stereocenters. The van der Waals surface area contributed by atoms with Gasteiger partial charge in [-0.05, 0) is 66.0 Å². The van der Waals surface area contributed by atoms with Gasteiger partial charge in [0.2, 0.25) is 0 Å². The van der Waals surface area contributed by atoms with E-state index in [1.54, 1.807) is 0 Å². The molecule has 4 heteroatoms. The Labute approximate surface area is 182 Å². The van der Waals surface area contributed by atoms with E-state index in [1.807, 2.05) is 0 Å². The number of aliphatic hydroxyl groups is 1. The van der Waals surface area contributed by atoms with Crippen molar-refractivity contribution in [2.75, 3.05) is 39.5 Å². The normalized spacial score (nSPS) is 13.3. The number of hydrogen-bond donors (Lipinski definition) is 1. The molecule has 0 rings (SSSR count). The van der Waals surface area contributed by atoms with Gasteiger partial charge in [0.25, 0.3) is 0 Å². The van der Waals surface area contributed by atoms with Crippen LogP contribution in [-0.4, -0.2) is 55.2 Å². The van der Waals surface area contributed by atoms with Crippen LogP contribution in [0.4, 0.5) is 0 Å². The summed E-state index contributed by atoms with van der Waals surface area (Å²) in [5, 5.41) is 9.19. The summed E-state index contributed by atoms with van der Waals surface area (Å²) in [5.41, 5.74) is 0. The second-order valence-corrected chi connectivity index (χ2v) is 8.55. The number of unbranched alkanes of at least 4 members (excludes halogenated alkanes) is 6. The number of nitrogens with zero attached hydrogens (tertiary/aromatic N) is 1. The third-order valence-electron chi connectivity index (χ3n) is 6.00. The Balaban J connectivity index is 4.71. The Morgan fingerprint density at radius 3 is 1.79 bits per heavy atom. The van der Waals surface area contributed by atoms with Crippen molar-refractivity contribution < 1.29 is 14.6 Å². The molecule has 29 heavy (non-hydrogen) atoms. The maximum absolute atomic E-state index is 9.19.